The predicted octanol–water partition coefficient (Wildman–Crippen LogP) is 7.39. The first-order valence-corrected chi connectivity index (χ1v) is 19.7. The lowest BCUT2D eigenvalue weighted by atomic mass is 9.89. The van der Waals surface area contributed by atoms with E-state index < -0.39 is 50.8 Å². The maximum atomic E-state index is 13.4. The van der Waals surface area contributed by atoms with Gasteiger partial charge in [-0.2, -0.15) is 0 Å². The van der Waals surface area contributed by atoms with E-state index in [0.29, 0.717) is 30.6 Å². The number of carbonyl (C=O) groups excluding carboxylic acids is 2. The first-order chi connectivity index (χ1) is 28.4. The number of non-ortho nitro benzene ring substituents is 2. The van der Waals surface area contributed by atoms with Crippen LogP contribution in [0.25, 0.3) is 0 Å². The highest BCUT2D eigenvalue weighted by atomic mass is 17.7. The molecule has 3 saturated heterocycles. The molecule has 3 aliphatic heterocycles. The van der Waals surface area contributed by atoms with Gasteiger partial charge in [-0.15, -0.1) is 0 Å². The Morgan fingerprint density at radius 3 is 1.41 bits per heavy atom. The van der Waals surface area contributed by atoms with E-state index in [4.69, 9.17) is 9.98 Å². The van der Waals surface area contributed by atoms with Crippen molar-refractivity contribution in [3.63, 3.8) is 0 Å². The van der Waals surface area contributed by atoms with Crippen LogP contribution in [0.4, 0.5) is 11.4 Å². The van der Waals surface area contributed by atoms with Crippen LogP contribution in [0.3, 0.4) is 0 Å². The van der Waals surface area contributed by atoms with E-state index in [9.17, 15) is 45.1 Å². The molecule has 0 N–H and O–H groups in total. The van der Waals surface area contributed by atoms with E-state index >= 15 is 0 Å². The lowest BCUT2D eigenvalue weighted by Gasteiger charge is -2.28. The van der Waals surface area contributed by atoms with Gasteiger partial charge in [0.25, 0.3) is 11.4 Å². The second kappa shape index (κ2) is 18.6. The summed E-state index contributed by atoms with van der Waals surface area (Å²) >= 11 is 0. The van der Waals surface area contributed by atoms with Crippen molar-refractivity contribution in [2.24, 2.45) is 11.8 Å². The van der Waals surface area contributed by atoms with Crippen LogP contribution in [0.1, 0.15) is 73.9 Å². The van der Waals surface area contributed by atoms with Gasteiger partial charge in [0.05, 0.1) is 19.8 Å². The molecule has 3 heterocycles. The topological polar surface area (TPSA) is 218 Å². The Kier molecular flexibility index (Phi) is 13.4. The van der Waals surface area contributed by atoms with Crippen LogP contribution in [0, 0.1) is 47.4 Å². The van der Waals surface area contributed by atoms with Gasteiger partial charge in [-0.3, -0.25) is 39.9 Å². The zero-order valence-electron chi connectivity index (χ0n) is 32.7. The van der Waals surface area contributed by atoms with Crippen LogP contribution in [0.2, 0.25) is 0 Å². The summed E-state index contributed by atoms with van der Waals surface area (Å²) < 4.78 is 0. The van der Waals surface area contributed by atoms with Crippen LogP contribution in [-0.2, 0) is 32.4 Å². The van der Waals surface area contributed by atoms with E-state index in [1.165, 1.54) is 36.4 Å². The number of hydrogen-bond acceptors (Lipinski definition) is 11. The molecule has 7 rings (SSSR count). The summed E-state index contributed by atoms with van der Waals surface area (Å²) in [6, 6.07) is 27.2. The van der Waals surface area contributed by atoms with Gasteiger partial charge in [-0.05, 0) is 72.2 Å². The Morgan fingerprint density at radius 2 is 1.00 bits per heavy atom. The molecular weight excluding hydrogens is 764 g/mol. The van der Waals surface area contributed by atoms with Crippen molar-refractivity contribution in [3.05, 3.63) is 167 Å². The van der Waals surface area contributed by atoms with E-state index in [0.717, 1.165) is 36.8 Å². The maximum Gasteiger partial charge on any atom is 0.269 e. The predicted molar refractivity (Wildman–Crippen MR) is 213 cm³/mol. The molecule has 4 aromatic rings. The lowest BCUT2D eigenvalue weighted by Crippen LogP contribution is -2.41. The molecule has 4 aromatic carbocycles. The van der Waals surface area contributed by atoms with Crippen LogP contribution in [0.15, 0.2) is 109 Å². The number of nitro groups is 3. The molecule has 17 nitrogen and oxygen atoms in total. The highest BCUT2D eigenvalue weighted by Gasteiger charge is 2.66. The number of rotatable bonds is 16. The van der Waals surface area contributed by atoms with Crippen molar-refractivity contribution in [2.75, 3.05) is 13.1 Å². The number of hydrogen-bond donors (Lipinski definition) is 0. The Morgan fingerprint density at radius 1 is 0.593 bits per heavy atom. The fourth-order valence-electron chi connectivity index (χ4n) is 8.24. The highest BCUT2D eigenvalue weighted by molar-refractivity contribution is 5.84. The Balaban J connectivity index is 0.000000199. The maximum absolute atomic E-state index is 13.4. The molecule has 17 heteroatoms. The first kappa shape index (κ1) is 42.5. The van der Waals surface area contributed by atoms with Crippen molar-refractivity contribution in [1.29, 1.82) is 0 Å². The van der Waals surface area contributed by atoms with E-state index in [2.05, 4.69) is 0 Å². The number of amides is 2. The van der Waals surface area contributed by atoms with Gasteiger partial charge in [-0.1, -0.05) is 87.4 Å². The van der Waals surface area contributed by atoms with Crippen molar-refractivity contribution in [1.82, 2.24) is 9.80 Å². The lowest BCUT2D eigenvalue weighted by molar-refractivity contribution is -0.959. The van der Waals surface area contributed by atoms with E-state index in [1.54, 1.807) is 21.9 Å². The molecule has 0 aromatic heterocycles. The number of nitro benzene ring substituents is 2. The molecule has 3 fully saturated rings. The second-order valence-electron chi connectivity index (χ2n) is 14.9. The molecule has 2 amide bonds. The molecule has 59 heavy (non-hydrogen) atoms. The minimum absolute atomic E-state index is 0.0502. The Labute approximate surface area is 340 Å². The van der Waals surface area contributed by atoms with Gasteiger partial charge < -0.3 is 15.0 Å². The Bertz CT molecular complexity index is 2100. The minimum Gasteiger partial charge on any atom is -0.559 e. The molecule has 0 unspecified atom stereocenters. The summed E-state index contributed by atoms with van der Waals surface area (Å²) in [6.07, 6.45) is 3.92. The van der Waals surface area contributed by atoms with Gasteiger partial charge in [0, 0.05) is 47.3 Å². The zero-order valence-corrected chi connectivity index (χ0v) is 32.7. The van der Waals surface area contributed by atoms with E-state index in [1.807, 2.05) is 74.5 Å². The number of likely N-dealkylation sites (tertiary alicyclic amines) is 2. The molecule has 0 aliphatic carbocycles. The summed E-state index contributed by atoms with van der Waals surface area (Å²) in [7, 11) is 0. The smallest absolute Gasteiger partial charge is 0.269 e. The average molecular weight is 811 g/mol. The van der Waals surface area contributed by atoms with Crippen molar-refractivity contribution in [3.8, 4) is 0 Å². The molecule has 0 radical (unpaired) electrons. The van der Waals surface area contributed by atoms with Gasteiger partial charge in [0.1, 0.15) is 23.9 Å². The number of nitrogens with zero attached hydrogens (tertiary/aromatic N) is 6. The molecule has 0 saturated carbocycles. The summed E-state index contributed by atoms with van der Waals surface area (Å²) in [6.45, 7) is 4.93. The van der Waals surface area contributed by atoms with Gasteiger partial charge in [0.15, 0.2) is 6.04 Å². The van der Waals surface area contributed by atoms with E-state index in [-0.39, 0.29) is 34.5 Å². The number of carbonyl (C=O) groups is 2. The first-order valence-electron chi connectivity index (χ1n) is 19.7. The standard InChI is InChI=1S/C21H23N3O6.C21H23N3O5/c1-2-3-13-22-19(16-9-11-17(12-10-16)23(26)27)20(24(28)29-30-24)18(21(22)25)14-15-7-5-4-6-8-15;1-2-3-13-22-19(16-9-11-17(12-10-16)23(26)27)20(24(28)29)18(21(22)25)14-15-7-5-4-6-8-15/h4-12,18-20H,2-3,13-14H2,1H3;4-12,18-20H,2-3,13-14H2,1H3/t2*18-,19+,20-/m11/s1. The summed E-state index contributed by atoms with van der Waals surface area (Å²) in [5.74, 6) is -1.77. The van der Waals surface area contributed by atoms with Gasteiger partial charge in [0.2, 0.25) is 17.9 Å². The zero-order chi connectivity index (χ0) is 42.3. The van der Waals surface area contributed by atoms with Crippen LogP contribution >= 0.6 is 0 Å². The number of hydroxylamine groups is 3. The minimum atomic E-state index is -1.35. The van der Waals surface area contributed by atoms with Gasteiger partial charge >= 0.3 is 0 Å². The molecule has 0 bridgehead atoms. The fraction of sp³-hybridized carbons (Fsp3) is 0.381. The summed E-state index contributed by atoms with van der Waals surface area (Å²) in [4.78, 5) is 70.7. The van der Waals surface area contributed by atoms with Crippen LogP contribution in [0.5, 0.6) is 0 Å². The normalized spacial score (nSPS) is 23.1. The van der Waals surface area contributed by atoms with Gasteiger partial charge in [-0.25, -0.2) is 0 Å². The number of quaternary nitrogens is 1. The van der Waals surface area contributed by atoms with Crippen LogP contribution in [-0.4, -0.2) is 66.5 Å². The third-order valence-corrected chi connectivity index (χ3v) is 11.2. The summed E-state index contributed by atoms with van der Waals surface area (Å²) in [5, 5.41) is 47.0. The molecule has 310 valence electrons. The van der Waals surface area contributed by atoms with Crippen molar-refractivity contribution < 1.29 is 39.3 Å². The number of unbranched alkanes of at least 4 members (excludes halogenated alkanes) is 2. The largest absolute Gasteiger partial charge is 0.559 e. The summed E-state index contributed by atoms with van der Waals surface area (Å²) in [5.41, 5.74) is 2.88. The third-order valence-electron chi connectivity index (χ3n) is 11.2. The quantitative estimate of drug-likeness (QED) is 0.0271. The Hall–Kier alpha value is -6.14. The molecule has 3 aliphatic rings. The van der Waals surface area contributed by atoms with Crippen molar-refractivity contribution in [2.45, 2.75) is 76.5 Å². The monoisotopic (exact) mass is 810 g/mol. The number of benzene rings is 4. The highest BCUT2D eigenvalue weighted by Crippen LogP contribution is 2.49. The molecule has 6 atom stereocenters. The molecular formula is C42H46N6O11. The molecule has 0 spiro atoms. The average Bonchev–Trinajstić information content (AvgIpc) is 3.84. The second-order valence-corrected chi connectivity index (χ2v) is 14.9. The van der Waals surface area contributed by atoms with Crippen molar-refractivity contribution >= 4 is 23.2 Å². The van der Waals surface area contributed by atoms with Crippen LogP contribution < -0.4 is 0 Å². The fourth-order valence-corrected chi connectivity index (χ4v) is 8.24. The third kappa shape index (κ3) is 9.44. The SMILES string of the molecule is CCCCN1C(=O)[C@H](Cc2ccccc2)[C@@H]([N+](=O)[O-])[C@@H]1c1ccc([N+](=O)[O-])cc1.CCCCN1C(=O)[C@H](Cc2ccccc2)[C@@H]([N+]2([O-])OO2)[C@@H]1c1ccc([N+](=O)[O-])cc1.